The number of hydrogen-bond donors (Lipinski definition) is 3. The fourth-order valence-electron chi connectivity index (χ4n) is 0.639. The van der Waals surface area contributed by atoms with E-state index in [2.05, 4.69) is 0 Å². The van der Waals surface area contributed by atoms with Gasteiger partial charge in [0.1, 0.15) is 0 Å². The number of nitrogens with one attached hydrogen (secondary N) is 1. The molecule has 1 atom stereocenters. The van der Waals surface area contributed by atoms with Crippen LogP contribution in [0.1, 0.15) is 6.42 Å². The van der Waals surface area contributed by atoms with Gasteiger partial charge in [0.15, 0.2) is 0 Å². The van der Waals surface area contributed by atoms with Crippen molar-refractivity contribution >= 4 is 11.9 Å². The third-order valence-corrected chi connectivity index (χ3v) is 1.23. The number of carbonyl (C=O) groups excluding carboxylic acids is 1. The summed E-state index contributed by atoms with van der Waals surface area (Å²) in [6.07, 6.45) is -5.84. The number of carboxylic acids is 1. The van der Waals surface area contributed by atoms with Gasteiger partial charge in [-0.15, -0.1) is 0 Å². The summed E-state index contributed by atoms with van der Waals surface area (Å²) < 4.78 is 34.9. The van der Waals surface area contributed by atoms with Gasteiger partial charge in [0.05, 0.1) is 19.1 Å². The Bertz CT molecular complexity index is 228. The fourth-order valence-corrected chi connectivity index (χ4v) is 0.639. The number of halogens is 3. The molecule has 0 radical (unpaired) electrons. The first kappa shape index (κ1) is 12.7. The molecule has 5 nitrogen and oxygen atoms in total. The van der Waals surface area contributed by atoms with E-state index in [1.807, 2.05) is 0 Å². The molecule has 0 fully saturated rings. The molecule has 0 rings (SSSR count). The number of aliphatic hydroxyl groups is 1. The first-order valence-electron chi connectivity index (χ1n) is 3.47. The van der Waals surface area contributed by atoms with E-state index in [9.17, 15) is 22.8 Å². The second-order valence-corrected chi connectivity index (χ2v) is 2.45. The van der Waals surface area contributed by atoms with Crippen molar-refractivity contribution in [3.05, 3.63) is 0 Å². The molecule has 0 aromatic carbocycles. The molecule has 3 N–H and O–H groups in total. The lowest BCUT2D eigenvalue weighted by Gasteiger charge is -2.14. The molecular weight excluding hydrogens is 207 g/mol. The van der Waals surface area contributed by atoms with E-state index in [0.717, 1.165) is 0 Å². The second kappa shape index (κ2) is 4.80. The highest BCUT2D eigenvalue weighted by atomic mass is 19.4. The average molecular weight is 215 g/mol. The number of carboxylic acid groups (broad SMARTS) is 1. The zero-order valence-corrected chi connectivity index (χ0v) is 6.84. The molecule has 0 aromatic heterocycles. The molecule has 1 amide bonds. The Morgan fingerprint density at radius 1 is 1.36 bits per heavy atom. The molecule has 0 aliphatic carbocycles. The number of alkyl halides is 3. The highest BCUT2D eigenvalue weighted by Crippen LogP contribution is 2.14. The van der Waals surface area contributed by atoms with Crippen molar-refractivity contribution in [3.63, 3.8) is 0 Å². The van der Waals surface area contributed by atoms with Crippen molar-refractivity contribution in [1.82, 2.24) is 5.32 Å². The van der Waals surface area contributed by atoms with E-state index in [1.165, 1.54) is 5.32 Å². The smallest absolute Gasteiger partial charge is 0.471 e. The second-order valence-electron chi connectivity index (χ2n) is 2.45. The molecule has 82 valence electrons. The summed E-state index contributed by atoms with van der Waals surface area (Å²) in [6.45, 7) is -0.867. The van der Waals surface area contributed by atoms with E-state index in [-0.39, 0.29) is 0 Å². The van der Waals surface area contributed by atoms with Gasteiger partial charge < -0.3 is 15.5 Å². The van der Waals surface area contributed by atoms with Gasteiger partial charge >= 0.3 is 18.1 Å². The Kier molecular flexibility index (Phi) is 4.35. The minimum absolute atomic E-state index is 0.766. The van der Waals surface area contributed by atoms with Crippen LogP contribution in [0, 0.1) is 0 Å². The van der Waals surface area contributed by atoms with Crippen LogP contribution in [0.2, 0.25) is 0 Å². The van der Waals surface area contributed by atoms with E-state index < -0.39 is 37.1 Å². The van der Waals surface area contributed by atoms with Gasteiger partial charge in [0.25, 0.3) is 0 Å². The lowest BCUT2D eigenvalue weighted by atomic mass is 10.2. The van der Waals surface area contributed by atoms with Crippen molar-refractivity contribution in [2.24, 2.45) is 0 Å². The first-order valence-corrected chi connectivity index (χ1v) is 3.47. The lowest BCUT2D eigenvalue weighted by molar-refractivity contribution is -0.174. The molecular formula is C6H8F3NO4. The Morgan fingerprint density at radius 2 is 1.86 bits per heavy atom. The highest BCUT2D eigenvalue weighted by molar-refractivity contribution is 5.82. The molecule has 0 aromatic rings. The zero-order valence-electron chi connectivity index (χ0n) is 6.84. The quantitative estimate of drug-likeness (QED) is 0.590. The van der Waals surface area contributed by atoms with Gasteiger partial charge in [0, 0.05) is 0 Å². The minimum Gasteiger partial charge on any atom is -0.481 e. The number of amides is 1. The fraction of sp³-hybridized carbons (Fsp3) is 0.667. The van der Waals surface area contributed by atoms with E-state index >= 15 is 0 Å². The van der Waals surface area contributed by atoms with Crippen LogP contribution in [0.3, 0.4) is 0 Å². The average Bonchev–Trinajstić information content (AvgIpc) is 2.00. The highest BCUT2D eigenvalue weighted by Gasteiger charge is 2.39. The van der Waals surface area contributed by atoms with Crippen LogP contribution in [0.15, 0.2) is 0 Å². The van der Waals surface area contributed by atoms with Crippen LogP contribution in [0.25, 0.3) is 0 Å². The van der Waals surface area contributed by atoms with Gasteiger partial charge in [-0.1, -0.05) is 0 Å². The maximum absolute atomic E-state index is 11.6. The summed E-state index contributed by atoms with van der Waals surface area (Å²) in [5, 5.41) is 18.0. The maximum Gasteiger partial charge on any atom is 0.471 e. The van der Waals surface area contributed by atoms with Gasteiger partial charge in [-0.3, -0.25) is 9.59 Å². The van der Waals surface area contributed by atoms with Crippen LogP contribution in [0.4, 0.5) is 13.2 Å². The van der Waals surface area contributed by atoms with Crippen molar-refractivity contribution in [1.29, 1.82) is 0 Å². The third-order valence-electron chi connectivity index (χ3n) is 1.23. The molecule has 0 aliphatic rings. The van der Waals surface area contributed by atoms with Crippen LogP contribution in [-0.2, 0) is 9.59 Å². The van der Waals surface area contributed by atoms with E-state index in [0.29, 0.717) is 0 Å². The molecule has 0 heterocycles. The molecule has 1 unspecified atom stereocenters. The van der Waals surface area contributed by atoms with Crippen molar-refractivity contribution < 1.29 is 33.0 Å². The minimum atomic E-state index is -5.08. The lowest BCUT2D eigenvalue weighted by Crippen LogP contribution is -2.45. The zero-order chi connectivity index (χ0) is 11.4. The summed E-state index contributed by atoms with van der Waals surface area (Å²) in [4.78, 5) is 20.3. The summed E-state index contributed by atoms with van der Waals surface area (Å²) >= 11 is 0. The standard InChI is InChI=1S/C6H8F3NO4/c7-6(8,9)5(14)10-3(2-11)1-4(12)13/h3,11H,1-2H2,(H,10,14)(H,12,13). The predicted octanol–water partition coefficient (Wildman–Crippen LogP) is -0.499. The Hall–Kier alpha value is -1.31. The monoisotopic (exact) mass is 215 g/mol. The molecule has 0 spiro atoms. The molecule has 14 heavy (non-hydrogen) atoms. The van der Waals surface area contributed by atoms with Crippen LogP contribution >= 0.6 is 0 Å². The normalized spacial score (nSPS) is 13.4. The first-order chi connectivity index (χ1) is 6.27. The maximum atomic E-state index is 11.6. The topological polar surface area (TPSA) is 86.6 Å². The molecule has 0 saturated carbocycles. The third kappa shape index (κ3) is 4.65. The van der Waals surface area contributed by atoms with Crippen molar-refractivity contribution in [3.8, 4) is 0 Å². The number of carbonyl (C=O) groups is 2. The van der Waals surface area contributed by atoms with Gasteiger partial charge in [-0.25, -0.2) is 0 Å². The van der Waals surface area contributed by atoms with Crippen molar-refractivity contribution in [2.45, 2.75) is 18.6 Å². The Balaban J connectivity index is 4.19. The summed E-state index contributed by atoms with van der Waals surface area (Å²) in [7, 11) is 0. The molecule has 0 aliphatic heterocycles. The summed E-state index contributed by atoms with van der Waals surface area (Å²) in [6, 6.07) is -1.43. The van der Waals surface area contributed by atoms with Gasteiger partial charge in [-0.05, 0) is 0 Å². The summed E-state index contributed by atoms with van der Waals surface area (Å²) in [5.41, 5.74) is 0. The van der Waals surface area contributed by atoms with Gasteiger partial charge in [0.2, 0.25) is 0 Å². The van der Waals surface area contributed by atoms with Crippen molar-refractivity contribution in [2.75, 3.05) is 6.61 Å². The number of aliphatic carboxylic acids is 1. The van der Waals surface area contributed by atoms with Crippen LogP contribution in [-0.4, -0.2) is 40.9 Å². The Labute approximate surface area is 76.5 Å². The number of aliphatic hydroxyl groups excluding tert-OH is 1. The largest absolute Gasteiger partial charge is 0.481 e. The molecule has 0 bridgehead atoms. The predicted molar refractivity (Wildman–Crippen MR) is 37.3 cm³/mol. The van der Waals surface area contributed by atoms with E-state index in [1.54, 1.807) is 0 Å². The summed E-state index contributed by atoms with van der Waals surface area (Å²) in [5.74, 6) is -3.68. The van der Waals surface area contributed by atoms with E-state index in [4.69, 9.17) is 10.2 Å². The van der Waals surface area contributed by atoms with Crippen LogP contribution < -0.4 is 5.32 Å². The SMILES string of the molecule is O=C(O)CC(CO)NC(=O)C(F)(F)F. The number of hydrogen-bond acceptors (Lipinski definition) is 3. The number of rotatable bonds is 4. The van der Waals surface area contributed by atoms with Gasteiger partial charge in [-0.2, -0.15) is 13.2 Å². The molecule has 8 heteroatoms. The Morgan fingerprint density at radius 3 is 2.14 bits per heavy atom. The molecule has 0 saturated heterocycles. The van der Waals surface area contributed by atoms with Crippen LogP contribution in [0.5, 0.6) is 0 Å².